The van der Waals surface area contributed by atoms with Crippen LogP contribution in [-0.4, -0.2) is 74.7 Å². The predicted octanol–water partition coefficient (Wildman–Crippen LogP) is 0.814. The molecule has 0 aromatic rings. The Bertz CT molecular complexity index is 315. The van der Waals surface area contributed by atoms with Gasteiger partial charge in [0.2, 0.25) is 0 Å². The third kappa shape index (κ3) is 5.37. The van der Waals surface area contributed by atoms with E-state index in [-0.39, 0.29) is 24.0 Å². The molecule has 2 rings (SSSR count). The van der Waals surface area contributed by atoms with Crippen LogP contribution in [0.25, 0.3) is 0 Å². The van der Waals surface area contributed by atoms with E-state index in [9.17, 15) is 0 Å². The number of nitrogens with zero attached hydrogens (tertiary/aromatic N) is 3. The van der Waals surface area contributed by atoms with Gasteiger partial charge in [-0.05, 0) is 26.3 Å². The van der Waals surface area contributed by atoms with Crippen molar-refractivity contribution in [3.8, 4) is 0 Å². The van der Waals surface area contributed by atoms with Crippen molar-refractivity contribution in [2.75, 3.05) is 46.8 Å². The lowest BCUT2D eigenvalue weighted by Gasteiger charge is -2.36. The van der Waals surface area contributed by atoms with Crippen LogP contribution in [-0.2, 0) is 0 Å². The highest BCUT2D eigenvalue weighted by Gasteiger charge is 2.33. The number of piperazine rings is 1. The maximum atomic E-state index is 4.30. The zero-order valence-corrected chi connectivity index (χ0v) is 15.6. The highest BCUT2D eigenvalue weighted by Crippen LogP contribution is 2.28. The summed E-state index contributed by atoms with van der Waals surface area (Å²) in [4.78, 5) is 9.25. The SMILES string of the molecule is CN=C(NCC(C)N1CCN(C)CC1)NC1CC1C.I. The third-order valence-corrected chi connectivity index (χ3v) is 4.38. The van der Waals surface area contributed by atoms with E-state index in [1.54, 1.807) is 0 Å². The Morgan fingerprint density at radius 1 is 1.30 bits per heavy atom. The van der Waals surface area contributed by atoms with Crippen LogP contribution in [0.4, 0.5) is 0 Å². The smallest absolute Gasteiger partial charge is 0.191 e. The second-order valence-corrected chi connectivity index (χ2v) is 6.11. The van der Waals surface area contributed by atoms with Crippen LogP contribution in [0, 0.1) is 5.92 Å². The number of guanidine groups is 1. The second-order valence-electron chi connectivity index (χ2n) is 6.11. The van der Waals surface area contributed by atoms with Gasteiger partial charge < -0.3 is 15.5 Å². The first-order valence-corrected chi connectivity index (χ1v) is 7.50. The molecule has 1 heterocycles. The lowest BCUT2D eigenvalue weighted by atomic mass is 10.2. The van der Waals surface area contributed by atoms with Crippen molar-refractivity contribution in [3.63, 3.8) is 0 Å². The maximum absolute atomic E-state index is 4.30. The van der Waals surface area contributed by atoms with E-state index in [0.717, 1.165) is 18.4 Å². The molecule has 118 valence electrons. The molecule has 1 aliphatic carbocycles. The van der Waals surface area contributed by atoms with Crippen molar-refractivity contribution < 1.29 is 0 Å². The highest BCUT2D eigenvalue weighted by atomic mass is 127. The largest absolute Gasteiger partial charge is 0.355 e. The lowest BCUT2D eigenvalue weighted by Crippen LogP contribution is -2.52. The molecule has 2 fully saturated rings. The Labute approximate surface area is 140 Å². The van der Waals surface area contributed by atoms with E-state index in [0.29, 0.717) is 12.1 Å². The summed E-state index contributed by atoms with van der Waals surface area (Å²) < 4.78 is 0. The van der Waals surface area contributed by atoms with Crippen molar-refractivity contribution in [1.29, 1.82) is 0 Å². The summed E-state index contributed by atoms with van der Waals surface area (Å²) in [6, 6.07) is 1.19. The van der Waals surface area contributed by atoms with Gasteiger partial charge in [-0.15, -0.1) is 24.0 Å². The summed E-state index contributed by atoms with van der Waals surface area (Å²) >= 11 is 0. The Morgan fingerprint density at radius 2 is 1.90 bits per heavy atom. The van der Waals surface area contributed by atoms with E-state index in [2.05, 4.69) is 46.3 Å². The minimum atomic E-state index is 0. The van der Waals surface area contributed by atoms with Crippen LogP contribution in [0.1, 0.15) is 20.3 Å². The van der Waals surface area contributed by atoms with E-state index < -0.39 is 0 Å². The fourth-order valence-electron chi connectivity index (χ4n) is 2.53. The van der Waals surface area contributed by atoms with Crippen LogP contribution in [0.5, 0.6) is 0 Å². The van der Waals surface area contributed by atoms with Crippen LogP contribution in [0.3, 0.4) is 0 Å². The molecule has 20 heavy (non-hydrogen) atoms. The van der Waals surface area contributed by atoms with Crippen LogP contribution in [0.2, 0.25) is 0 Å². The molecule has 2 aliphatic rings. The van der Waals surface area contributed by atoms with Crippen LogP contribution < -0.4 is 10.6 Å². The zero-order valence-electron chi connectivity index (χ0n) is 13.2. The molecule has 1 saturated carbocycles. The molecule has 1 saturated heterocycles. The molecule has 6 heteroatoms. The molecule has 3 unspecified atom stereocenters. The summed E-state index contributed by atoms with van der Waals surface area (Å²) in [6.45, 7) is 10.2. The monoisotopic (exact) mass is 395 g/mol. The molecule has 0 radical (unpaired) electrons. The van der Waals surface area contributed by atoms with Gasteiger partial charge in [0.05, 0.1) is 0 Å². The molecular formula is C14H30IN5. The maximum Gasteiger partial charge on any atom is 0.191 e. The molecule has 1 aliphatic heterocycles. The number of aliphatic imine (C=N–C) groups is 1. The van der Waals surface area contributed by atoms with Gasteiger partial charge in [0.25, 0.3) is 0 Å². The minimum Gasteiger partial charge on any atom is -0.355 e. The van der Waals surface area contributed by atoms with Gasteiger partial charge in [0.15, 0.2) is 5.96 Å². The van der Waals surface area contributed by atoms with Gasteiger partial charge in [-0.25, -0.2) is 0 Å². The molecule has 0 aromatic heterocycles. The normalized spacial score (nSPS) is 29.5. The van der Waals surface area contributed by atoms with Gasteiger partial charge in [-0.3, -0.25) is 9.89 Å². The van der Waals surface area contributed by atoms with Gasteiger partial charge in [-0.1, -0.05) is 6.92 Å². The molecule has 0 amide bonds. The summed E-state index contributed by atoms with van der Waals surface area (Å²) in [6.07, 6.45) is 1.27. The zero-order chi connectivity index (χ0) is 13.8. The van der Waals surface area contributed by atoms with Gasteiger partial charge in [-0.2, -0.15) is 0 Å². The predicted molar refractivity (Wildman–Crippen MR) is 96.0 cm³/mol. The minimum absolute atomic E-state index is 0. The van der Waals surface area contributed by atoms with E-state index in [1.807, 2.05) is 7.05 Å². The Hall–Kier alpha value is -0.0800. The van der Waals surface area contributed by atoms with E-state index in [1.165, 1.54) is 32.6 Å². The number of hydrogen-bond donors (Lipinski definition) is 2. The summed E-state index contributed by atoms with van der Waals surface area (Å²) in [5, 5.41) is 6.92. The standard InChI is InChI=1S/C14H29N5.HI/c1-11-9-13(11)17-14(15-3)16-10-12(2)19-7-5-18(4)6-8-19;/h11-13H,5-10H2,1-4H3,(H2,15,16,17);1H. The third-order valence-electron chi connectivity index (χ3n) is 4.38. The highest BCUT2D eigenvalue weighted by molar-refractivity contribution is 14.0. The number of halogens is 1. The second kappa shape index (κ2) is 8.38. The average molecular weight is 395 g/mol. The Balaban J connectivity index is 0.00000200. The molecule has 5 nitrogen and oxygen atoms in total. The van der Waals surface area contributed by atoms with Crippen LogP contribution >= 0.6 is 24.0 Å². The molecule has 3 atom stereocenters. The molecule has 0 spiro atoms. The molecular weight excluding hydrogens is 365 g/mol. The lowest BCUT2D eigenvalue weighted by molar-refractivity contribution is 0.120. The topological polar surface area (TPSA) is 42.9 Å². The quantitative estimate of drug-likeness (QED) is 0.420. The first kappa shape index (κ1) is 18.0. The number of hydrogen-bond acceptors (Lipinski definition) is 3. The average Bonchev–Trinajstić information content (AvgIpc) is 3.10. The van der Waals surface area contributed by atoms with Gasteiger partial charge >= 0.3 is 0 Å². The number of nitrogens with one attached hydrogen (secondary N) is 2. The first-order chi connectivity index (χ1) is 9.10. The van der Waals surface area contributed by atoms with Crippen molar-refractivity contribution in [2.45, 2.75) is 32.4 Å². The molecule has 0 bridgehead atoms. The molecule has 0 aromatic carbocycles. The number of likely N-dealkylation sites (N-methyl/N-ethyl adjacent to an activating group) is 1. The summed E-state index contributed by atoms with van der Waals surface area (Å²) in [5.74, 6) is 1.75. The Kier molecular flexibility index (Phi) is 7.53. The van der Waals surface area contributed by atoms with Crippen molar-refractivity contribution in [3.05, 3.63) is 0 Å². The van der Waals surface area contributed by atoms with Crippen molar-refractivity contribution in [1.82, 2.24) is 20.4 Å². The molecule has 2 N–H and O–H groups in total. The van der Waals surface area contributed by atoms with Crippen LogP contribution in [0.15, 0.2) is 4.99 Å². The van der Waals surface area contributed by atoms with Crippen molar-refractivity contribution >= 4 is 29.9 Å². The fourth-order valence-corrected chi connectivity index (χ4v) is 2.53. The Morgan fingerprint density at radius 3 is 2.40 bits per heavy atom. The summed E-state index contributed by atoms with van der Waals surface area (Å²) in [5.41, 5.74) is 0. The van der Waals surface area contributed by atoms with Gasteiger partial charge in [0.1, 0.15) is 0 Å². The first-order valence-electron chi connectivity index (χ1n) is 7.50. The summed E-state index contributed by atoms with van der Waals surface area (Å²) in [7, 11) is 4.05. The van der Waals surface area contributed by atoms with E-state index >= 15 is 0 Å². The van der Waals surface area contributed by atoms with Crippen molar-refractivity contribution in [2.24, 2.45) is 10.9 Å². The van der Waals surface area contributed by atoms with Gasteiger partial charge in [0, 0.05) is 51.9 Å². The fraction of sp³-hybridized carbons (Fsp3) is 0.929. The van der Waals surface area contributed by atoms with E-state index in [4.69, 9.17) is 0 Å². The number of rotatable bonds is 4.